The molecule has 1 fully saturated rings. The second-order valence-electron chi connectivity index (χ2n) is 4.99. The lowest BCUT2D eigenvalue weighted by atomic mass is 10.0. The summed E-state index contributed by atoms with van der Waals surface area (Å²) in [5.41, 5.74) is 1.99. The first kappa shape index (κ1) is 11.8. The van der Waals surface area contributed by atoms with Crippen LogP contribution in [0.4, 0.5) is 0 Å². The molecule has 0 aliphatic carbocycles. The summed E-state index contributed by atoms with van der Waals surface area (Å²) in [7, 11) is 0. The topological polar surface area (TPSA) is 31.4 Å². The van der Waals surface area contributed by atoms with Gasteiger partial charge in [-0.2, -0.15) is 0 Å². The number of ether oxygens (including phenoxy) is 2. The highest BCUT2D eigenvalue weighted by Gasteiger charge is 2.21. The van der Waals surface area contributed by atoms with Crippen LogP contribution >= 0.6 is 0 Å². The van der Waals surface area contributed by atoms with Crippen molar-refractivity contribution in [1.82, 2.24) is 4.98 Å². The predicted molar refractivity (Wildman–Crippen MR) is 78.8 cm³/mol. The van der Waals surface area contributed by atoms with E-state index >= 15 is 0 Å². The van der Waals surface area contributed by atoms with Crippen molar-refractivity contribution in [3.05, 3.63) is 54.2 Å². The highest BCUT2D eigenvalue weighted by molar-refractivity contribution is 6.06. The third kappa shape index (κ3) is 1.87. The molecule has 2 heterocycles. The molecule has 1 aliphatic heterocycles. The number of hydrogen-bond acceptors (Lipinski definition) is 3. The lowest BCUT2D eigenvalue weighted by Crippen LogP contribution is -2.23. The predicted octanol–water partition coefficient (Wildman–Crippen LogP) is 3.48. The smallest absolute Gasteiger partial charge is 0.123 e. The Morgan fingerprint density at radius 1 is 0.850 bits per heavy atom. The fourth-order valence-electron chi connectivity index (χ4n) is 2.82. The van der Waals surface area contributed by atoms with Crippen molar-refractivity contribution < 1.29 is 9.47 Å². The van der Waals surface area contributed by atoms with E-state index in [4.69, 9.17) is 14.5 Å². The number of aromatic nitrogens is 1. The van der Waals surface area contributed by atoms with E-state index in [9.17, 15) is 0 Å². The van der Waals surface area contributed by atoms with Crippen molar-refractivity contribution in [2.75, 3.05) is 19.8 Å². The summed E-state index contributed by atoms with van der Waals surface area (Å²) < 4.78 is 11.4. The van der Waals surface area contributed by atoms with Crippen LogP contribution in [0.2, 0.25) is 0 Å². The summed E-state index contributed by atoms with van der Waals surface area (Å²) in [5.74, 6) is 0. The van der Waals surface area contributed by atoms with E-state index in [1.54, 1.807) is 0 Å². The summed E-state index contributed by atoms with van der Waals surface area (Å²) in [5, 5.41) is 3.56. The van der Waals surface area contributed by atoms with Gasteiger partial charge in [0.2, 0.25) is 0 Å². The van der Waals surface area contributed by atoms with Crippen LogP contribution < -0.4 is 0 Å². The van der Waals surface area contributed by atoms with E-state index in [1.165, 1.54) is 10.8 Å². The molecule has 1 atom stereocenters. The average Bonchev–Trinajstić information content (AvgIpc) is 2.55. The van der Waals surface area contributed by atoms with Gasteiger partial charge in [-0.15, -0.1) is 0 Å². The van der Waals surface area contributed by atoms with Crippen LogP contribution in [0.1, 0.15) is 11.8 Å². The Morgan fingerprint density at radius 2 is 1.60 bits per heavy atom. The Morgan fingerprint density at radius 3 is 2.40 bits per heavy atom. The van der Waals surface area contributed by atoms with Gasteiger partial charge in [-0.1, -0.05) is 42.5 Å². The molecular formula is C17H15NO2. The van der Waals surface area contributed by atoms with Crippen molar-refractivity contribution >= 4 is 21.7 Å². The highest BCUT2D eigenvalue weighted by atomic mass is 16.6. The van der Waals surface area contributed by atoms with Gasteiger partial charge in [0, 0.05) is 10.8 Å². The zero-order valence-electron chi connectivity index (χ0n) is 11.1. The Balaban J connectivity index is 2.02. The van der Waals surface area contributed by atoms with E-state index in [0.29, 0.717) is 19.8 Å². The van der Waals surface area contributed by atoms with Crippen LogP contribution in [0.3, 0.4) is 0 Å². The number of pyridine rings is 1. The molecule has 4 rings (SSSR count). The van der Waals surface area contributed by atoms with Gasteiger partial charge in [-0.05, 0) is 11.5 Å². The van der Waals surface area contributed by atoms with Crippen molar-refractivity contribution in [2.45, 2.75) is 6.10 Å². The highest BCUT2D eigenvalue weighted by Crippen LogP contribution is 2.31. The van der Waals surface area contributed by atoms with Crippen LogP contribution in [-0.4, -0.2) is 24.8 Å². The molecular weight excluding hydrogens is 250 g/mol. The molecule has 100 valence electrons. The zero-order chi connectivity index (χ0) is 13.4. The number of nitrogens with zero attached hydrogens (tertiary/aromatic N) is 1. The van der Waals surface area contributed by atoms with E-state index in [1.807, 2.05) is 12.1 Å². The fourth-order valence-corrected chi connectivity index (χ4v) is 2.82. The molecule has 0 radical (unpaired) electrons. The molecule has 3 heteroatoms. The standard InChI is InChI=1S/C17H15NO2/c1-2-7-14-12(5-1)13-6-3-4-8-15(13)18-17(14)16-11-19-9-10-20-16/h1-8,16H,9-11H2. The SMILES string of the molecule is c1ccc2c(c1)nc(C1COCCO1)c1ccccc12. The fraction of sp³-hybridized carbons (Fsp3) is 0.235. The molecule has 1 unspecified atom stereocenters. The first-order valence-corrected chi connectivity index (χ1v) is 6.90. The summed E-state index contributed by atoms with van der Waals surface area (Å²) >= 11 is 0. The van der Waals surface area contributed by atoms with E-state index in [2.05, 4.69) is 36.4 Å². The first-order valence-electron chi connectivity index (χ1n) is 6.90. The summed E-state index contributed by atoms with van der Waals surface area (Å²) in [6.07, 6.45) is -0.0711. The van der Waals surface area contributed by atoms with Crippen molar-refractivity contribution in [2.24, 2.45) is 0 Å². The Labute approximate surface area is 117 Å². The maximum atomic E-state index is 5.83. The molecule has 0 amide bonds. The molecule has 0 saturated carbocycles. The Bertz CT molecular complexity index is 763. The molecule has 1 aromatic heterocycles. The number of para-hydroxylation sites is 1. The third-order valence-corrected chi connectivity index (χ3v) is 3.76. The number of fused-ring (bicyclic) bond motifs is 3. The van der Waals surface area contributed by atoms with Gasteiger partial charge in [0.25, 0.3) is 0 Å². The zero-order valence-corrected chi connectivity index (χ0v) is 11.1. The van der Waals surface area contributed by atoms with Gasteiger partial charge >= 0.3 is 0 Å². The van der Waals surface area contributed by atoms with Crippen molar-refractivity contribution in [3.63, 3.8) is 0 Å². The minimum Gasteiger partial charge on any atom is -0.376 e. The second kappa shape index (κ2) is 4.85. The van der Waals surface area contributed by atoms with Crippen LogP contribution in [0, 0.1) is 0 Å². The molecule has 2 aromatic carbocycles. The molecule has 20 heavy (non-hydrogen) atoms. The average molecular weight is 265 g/mol. The molecule has 0 bridgehead atoms. The Kier molecular flexibility index (Phi) is 2.87. The summed E-state index contributed by atoms with van der Waals surface area (Å²) in [4.78, 5) is 4.82. The van der Waals surface area contributed by atoms with Crippen LogP contribution in [-0.2, 0) is 9.47 Å². The van der Waals surface area contributed by atoms with Crippen molar-refractivity contribution in [1.29, 1.82) is 0 Å². The number of hydrogen-bond donors (Lipinski definition) is 0. The lowest BCUT2D eigenvalue weighted by Gasteiger charge is -2.24. The normalized spacial score (nSPS) is 19.5. The van der Waals surface area contributed by atoms with E-state index in [-0.39, 0.29) is 6.10 Å². The molecule has 3 aromatic rings. The quantitative estimate of drug-likeness (QED) is 0.631. The summed E-state index contributed by atoms with van der Waals surface area (Å²) in [6.45, 7) is 1.88. The van der Waals surface area contributed by atoms with E-state index < -0.39 is 0 Å². The number of benzene rings is 2. The second-order valence-corrected chi connectivity index (χ2v) is 4.99. The molecule has 1 saturated heterocycles. The van der Waals surface area contributed by atoms with Gasteiger partial charge in [-0.3, -0.25) is 0 Å². The van der Waals surface area contributed by atoms with Crippen LogP contribution in [0.5, 0.6) is 0 Å². The van der Waals surface area contributed by atoms with Crippen LogP contribution in [0.15, 0.2) is 48.5 Å². The third-order valence-electron chi connectivity index (χ3n) is 3.76. The minimum atomic E-state index is -0.0711. The Hall–Kier alpha value is -1.97. The maximum absolute atomic E-state index is 5.83. The van der Waals surface area contributed by atoms with Gasteiger partial charge in [0.15, 0.2) is 0 Å². The van der Waals surface area contributed by atoms with Gasteiger partial charge in [0.05, 0.1) is 31.0 Å². The largest absolute Gasteiger partial charge is 0.376 e. The molecule has 0 spiro atoms. The summed E-state index contributed by atoms with van der Waals surface area (Å²) in [6, 6.07) is 16.6. The minimum absolute atomic E-state index is 0.0711. The van der Waals surface area contributed by atoms with Crippen LogP contribution in [0.25, 0.3) is 21.7 Å². The van der Waals surface area contributed by atoms with Gasteiger partial charge in [-0.25, -0.2) is 4.98 Å². The molecule has 0 N–H and O–H groups in total. The van der Waals surface area contributed by atoms with Crippen molar-refractivity contribution in [3.8, 4) is 0 Å². The lowest BCUT2D eigenvalue weighted by molar-refractivity contribution is -0.0910. The monoisotopic (exact) mass is 265 g/mol. The maximum Gasteiger partial charge on any atom is 0.123 e. The van der Waals surface area contributed by atoms with E-state index in [0.717, 1.165) is 16.6 Å². The van der Waals surface area contributed by atoms with Gasteiger partial charge < -0.3 is 9.47 Å². The molecule has 3 nitrogen and oxygen atoms in total. The number of rotatable bonds is 1. The van der Waals surface area contributed by atoms with Gasteiger partial charge in [0.1, 0.15) is 6.10 Å². The molecule has 1 aliphatic rings. The first-order chi connectivity index (χ1) is 9.93.